The summed E-state index contributed by atoms with van der Waals surface area (Å²) in [6.07, 6.45) is 2.73. The fourth-order valence-electron chi connectivity index (χ4n) is 2.04. The van der Waals surface area contributed by atoms with E-state index in [1.165, 1.54) is 5.56 Å². The highest BCUT2D eigenvalue weighted by atomic mass is 16.5. The molecule has 1 fully saturated rings. The molecular weight excluding hydrogens is 214 g/mol. The number of likely N-dealkylation sites (tertiary alicyclic amines) is 1. The highest BCUT2D eigenvalue weighted by Crippen LogP contribution is 2.13. The molecule has 0 aromatic heterocycles. The van der Waals surface area contributed by atoms with E-state index in [4.69, 9.17) is 4.74 Å². The van der Waals surface area contributed by atoms with Crippen LogP contribution in [-0.2, 0) is 11.2 Å². The predicted molar refractivity (Wildman–Crippen MR) is 67.1 cm³/mol. The maximum Gasteiger partial charge on any atom is 0.222 e. The van der Waals surface area contributed by atoms with Crippen LogP contribution in [0, 0.1) is 0 Å². The molecule has 0 unspecified atom stereocenters. The number of carbonyl (C=O) groups is 1. The van der Waals surface area contributed by atoms with Gasteiger partial charge in [-0.25, -0.2) is 0 Å². The van der Waals surface area contributed by atoms with Crippen molar-refractivity contribution in [3.63, 3.8) is 0 Å². The lowest BCUT2D eigenvalue weighted by Crippen LogP contribution is -2.29. The topological polar surface area (TPSA) is 29.5 Å². The molecule has 0 spiro atoms. The van der Waals surface area contributed by atoms with Gasteiger partial charge in [-0.2, -0.15) is 0 Å². The van der Waals surface area contributed by atoms with E-state index >= 15 is 0 Å². The Morgan fingerprint density at radius 1 is 1.29 bits per heavy atom. The van der Waals surface area contributed by atoms with Gasteiger partial charge in [-0.15, -0.1) is 0 Å². The Bertz CT molecular complexity index is 372. The zero-order valence-electron chi connectivity index (χ0n) is 10.3. The van der Waals surface area contributed by atoms with E-state index in [-0.39, 0.29) is 5.91 Å². The zero-order valence-corrected chi connectivity index (χ0v) is 10.3. The van der Waals surface area contributed by atoms with Gasteiger partial charge in [0.2, 0.25) is 5.91 Å². The number of aryl methyl sites for hydroxylation is 1. The molecule has 1 aromatic carbocycles. The van der Waals surface area contributed by atoms with E-state index in [0.717, 1.165) is 25.1 Å². The Labute approximate surface area is 102 Å². The summed E-state index contributed by atoms with van der Waals surface area (Å²) in [4.78, 5) is 13.2. The fraction of sp³-hybridized carbons (Fsp3) is 0.500. The Morgan fingerprint density at radius 3 is 2.65 bits per heavy atom. The second-order valence-electron chi connectivity index (χ2n) is 4.33. The van der Waals surface area contributed by atoms with Crippen LogP contribution in [0.4, 0.5) is 0 Å². The molecule has 92 valence electrons. The van der Waals surface area contributed by atoms with Crippen LogP contribution < -0.4 is 4.74 Å². The summed E-state index contributed by atoms with van der Waals surface area (Å²) < 4.78 is 5.62. The van der Waals surface area contributed by atoms with Crippen LogP contribution in [0.2, 0.25) is 0 Å². The highest BCUT2D eigenvalue weighted by Gasteiger charge is 2.19. The lowest BCUT2D eigenvalue weighted by Gasteiger charge is -2.15. The van der Waals surface area contributed by atoms with Crippen molar-refractivity contribution in [3.8, 4) is 5.75 Å². The molecule has 1 saturated heterocycles. The first-order valence-corrected chi connectivity index (χ1v) is 6.29. The lowest BCUT2D eigenvalue weighted by atomic mass is 10.2. The number of nitrogens with zero attached hydrogens (tertiary/aromatic N) is 1. The maximum absolute atomic E-state index is 11.4. The fourth-order valence-corrected chi connectivity index (χ4v) is 2.04. The number of benzene rings is 1. The van der Waals surface area contributed by atoms with Crippen LogP contribution in [0.1, 0.15) is 25.3 Å². The van der Waals surface area contributed by atoms with Gasteiger partial charge in [0.05, 0.1) is 6.54 Å². The van der Waals surface area contributed by atoms with Gasteiger partial charge >= 0.3 is 0 Å². The molecule has 3 nitrogen and oxygen atoms in total. The molecular formula is C14H19NO2. The average molecular weight is 233 g/mol. The molecule has 0 saturated carbocycles. The standard InChI is InChI=1S/C14H19NO2/c1-2-12-5-7-13(8-6-12)17-11-10-15-9-3-4-14(15)16/h5-8H,2-4,9-11H2,1H3. The van der Waals surface area contributed by atoms with Crippen molar-refractivity contribution in [3.05, 3.63) is 29.8 Å². The average Bonchev–Trinajstić information content (AvgIpc) is 2.76. The first kappa shape index (κ1) is 12.0. The molecule has 1 aliphatic rings. The van der Waals surface area contributed by atoms with Gasteiger partial charge in [0.1, 0.15) is 12.4 Å². The SMILES string of the molecule is CCc1ccc(OCCN2CCCC2=O)cc1. The molecule has 0 N–H and O–H groups in total. The molecule has 3 heteroatoms. The first-order valence-electron chi connectivity index (χ1n) is 6.29. The summed E-state index contributed by atoms with van der Waals surface area (Å²) in [6.45, 7) is 4.30. The minimum Gasteiger partial charge on any atom is -0.492 e. The Hall–Kier alpha value is -1.51. The van der Waals surface area contributed by atoms with Crippen LogP contribution in [0.25, 0.3) is 0 Å². The second kappa shape index (κ2) is 5.71. The Balaban J connectivity index is 1.75. The molecule has 0 bridgehead atoms. The molecule has 2 rings (SSSR count). The van der Waals surface area contributed by atoms with Crippen LogP contribution in [0.15, 0.2) is 24.3 Å². The van der Waals surface area contributed by atoms with Gasteiger partial charge in [-0.05, 0) is 30.5 Å². The predicted octanol–water partition coefficient (Wildman–Crippen LogP) is 2.25. The van der Waals surface area contributed by atoms with Gasteiger partial charge in [-0.1, -0.05) is 19.1 Å². The van der Waals surface area contributed by atoms with Gasteiger partial charge in [-0.3, -0.25) is 4.79 Å². The number of hydrogen-bond acceptors (Lipinski definition) is 2. The Kier molecular flexibility index (Phi) is 4.02. The quantitative estimate of drug-likeness (QED) is 0.780. The number of ether oxygens (including phenoxy) is 1. The molecule has 0 atom stereocenters. The summed E-state index contributed by atoms with van der Waals surface area (Å²) in [5.41, 5.74) is 1.31. The van der Waals surface area contributed by atoms with Crippen LogP contribution >= 0.6 is 0 Å². The normalized spacial score (nSPS) is 15.4. The van der Waals surface area contributed by atoms with Crippen molar-refractivity contribution in [1.82, 2.24) is 4.90 Å². The largest absolute Gasteiger partial charge is 0.492 e. The summed E-state index contributed by atoms with van der Waals surface area (Å²) in [5, 5.41) is 0. The molecule has 1 aromatic rings. The smallest absolute Gasteiger partial charge is 0.222 e. The second-order valence-corrected chi connectivity index (χ2v) is 4.33. The number of hydrogen-bond donors (Lipinski definition) is 0. The Morgan fingerprint density at radius 2 is 2.06 bits per heavy atom. The molecule has 1 aliphatic heterocycles. The molecule has 0 radical (unpaired) electrons. The van der Waals surface area contributed by atoms with Crippen molar-refractivity contribution in [2.24, 2.45) is 0 Å². The molecule has 1 heterocycles. The van der Waals surface area contributed by atoms with Crippen molar-refractivity contribution in [2.75, 3.05) is 19.7 Å². The maximum atomic E-state index is 11.4. The molecule has 1 amide bonds. The van der Waals surface area contributed by atoms with E-state index in [1.807, 2.05) is 17.0 Å². The first-order chi connectivity index (χ1) is 8.29. The third-order valence-corrected chi connectivity index (χ3v) is 3.13. The number of carbonyl (C=O) groups excluding carboxylic acids is 1. The highest BCUT2D eigenvalue weighted by molar-refractivity contribution is 5.78. The van der Waals surface area contributed by atoms with Crippen molar-refractivity contribution in [2.45, 2.75) is 26.2 Å². The molecule has 17 heavy (non-hydrogen) atoms. The van der Waals surface area contributed by atoms with Gasteiger partial charge in [0, 0.05) is 13.0 Å². The minimum atomic E-state index is 0.259. The van der Waals surface area contributed by atoms with Crippen molar-refractivity contribution in [1.29, 1.82) is 0 Å². The number of amides is 1. The monoisotopic (exact) mass is 233 g/mol. The van der Waals surface area contributed by atoms with Gasteiger partial charge in [0.15, 0.2) is 0 Å². The van der Waals surface area contributed by atoms with Crippen LogP contribution in [0.5, 0.6) is 5.75 Å². The van der Waals surface area contributed by atoms with E-state index in [0.29, 0.717) is 19.6 Å². The van der Waals surface area contributed by atoms with Crippen LogP contribution in [0.3, 0.4) is 0 Å². The third kappa shape index (κ3) is 3.22. The zero-order chi connectivity index (χ0) is 12.1. The van der Waals surface area contributed by atoms with Crippen molar-refractivity contribution >= 4 is 5.91 Å². The minimum absolute atomic E-state index is 0.259. The van der Waals surface area contributed by atoms with E-state index in [9.17, 15) is 4.79 Å². The summed E-state index contributed by atoms with van der Waals surface area (Å²) in [7, 11) is 0. The van der Waals surface area contributed by atoms with Gasteiger partial charge in [0.25, 0.3) is 0 Å². The summed E-state index contributed by atoms with van der Waals surface area (Å²) in [5.74, 6) is 1.14. The molecule has 0 aliphatic carbocycles. The summed E-state index contributed by atoms with van der Waals surface area (Å²) >= 11 is 0. The van der Waals surface area contributed by atoms with Crippen LogP contribution in [-0.4, -0.2) is 30.5 Å². The van der Waals surface area contributed by atoms with E-state index in [1.54, 1.807) is 0 Å². The third-order valence-electron chi connectivity index (χ3n) is 3.13. The lowest BCUT2D eigenvalue weighted by molar-refractivity contribution is -0.128. The van der Waals surface area contributed by atoms with E-state index in [2.05, 4.69) is 19.1 Å². The van der Waals surface area contributed by atoms with Crippen molar-refractivity contribution < 1.29 is 9.53 Å². The van der Waals surface area contributed by atoms with Gasteiger partial charge < -0.3 is 9.64 Å². The number of rotatable bonds is 5. The van der Waals surface area contributed by atoms with E-state index < -0.39 is 0 Å². The summed E-state index contributed by atoms with van der Waals surface area (Å²) in [6, 6.07) is 8.14.